The Balaban J connectivity index is 2.33. The number of hydrazine groups is 1. The van der Waals surface area contributed by atoms with E-state index in [9.17, 15) is 0 Å². The summed E-state index contributed by atoms with van der Waals surface area (Å²) < 4.78 is 10.4. The minimum absolute atomic E-state index is 0.0644. The first-order valence-corrected chi connectivity index (χ1v) is 5.55. The van der Waals surface area contributed by atoms with Crippen molar-refractivity contribution in [2.75, 3.05) is 33.9 Å². The first-order valence-electron chi connectivity index (χ1n) is 5.55. The van der Waals surface area contributed by atoms with E-state index >= 15 is 0 Å². The van der Waals surface area contributed by atoms with Crippen molar-refractivity contribution in [1.29, 1.82) is 0 Å². The summed E-state index contributed by atoms with van der Waals surface area (Å²) in [6.45, 7) is 1.94. The third-order valence-electron chi connectivity index (χ3n) is 2.96. The van der Waals surface area contributed by atoms with Crippen molar-refractivity contribution in [1.82, 2.24) is 10.7 Å². The summed E-state index contributed by atoms with van der Waals surface area (Å²) in [5.74, 6) is 5.94. The van der Waals surface area contributed by atoms with Gasteiger partial charge in [0.2, 0.25) is 5.96 Å². The van der Waals surface area contributed by atoms with Crippen LogP contribution < -0.4 is 16.6 Å². The molecule has 0 aromatic carbocycles. The maximum absolute atomic E-state index is 5.47. The van der Waals surface area contributed by atoms with Crippen molar-refractivity contribution in [2.45, 2.75) is 24.9 Å². The average molecular weight is 230 g/mol. The summed E-state index contributed by atoms with van der Waals surface area (Å²) in [7, 11) is 3.39. The Bertz CT molecular complexity index is 223. The highest BCUT2D eigenvalue weighted by molar-refractivity contribution is 5.79. The second kappa shape index (κ2) is 6.67. The van der Waals surface area contributed by atoms with E-state index in [1.165, 1.54) is 6.42 Å². The van der Waals surface area contributed by atoms with Gasteiger partial charge in [0.15, 0.2) is 0 Å². The SMILES string of the molecule is COCCNC(=NCC1(OC)CCC1)NN. The van der Waals surface area contributed by atoms with Gasteiger partial charge in [0.25, 0.3) is 0 Å². The van der Waals surface area contributed by atoms with Crippen molar-refractivity contribution < 1.29 is 9.47 Å². The first-order chi connectivity index (χ1) is 7.76. The largest absolute Gasteiger partial charge is 0.383 e. The summed E-state index contributed by atoms with van der Waals surface area (Å²) >= 11 is 0. The molecular weight excluding hydrogens is 208 g/mol. The van der Waals surface area contributed by atoms with Gasteiger partial charge in [-0.15, -0.1) is 0 Å². The highest BCUT2D eigenvalue weighted by Crippen LogP contribution is 2.35. The molecule has 0 heterocycles. The lowest BCUT2D eigenvalue weighted by atomic mass is 9.80. The van der Waals surface area contributed by atoms with E-state index in [4.69, 9.17) is 15.3 Å². The van der Waals surface area contributed by atoms with Crippen LogP contribution >= 0.6 is 0 Å². The second-order valence-corrected chi connectivity index (χ2v) is 3.97. The third kappa shape index (κ3) is 3.62. The minimum Gasteiger partial charge on any atom is -0.383 e. The van der Waals surface area contributed by atoms with Gasteiger partial charge in [-0.1, -0.05) is 0 Å². The molecule has 6 nitrogen and oxygen atoms in total. The summed E-state index contributed by atoms with van der Waals surface area (Å²) in [6, 6.07) is 0. The zero-order chi connectivity index (χ0) is 11.9. The number of rotatable bonds is 6. The number of ether oxygens (including phenoxy) is 2. The number of aliphatic imine (C=N–C) groups is 1. The fourth-order valence-electron chi connectivity index (χ4n) is 1.65. The summed E-state index contributed by atoms with van der Waals surface area (Å²) in [4.78, 5) is 4.37. The quantitative estimate of drug-likeness (QED) is 0.190. The van der Waals surface area contributed by atoms with Gasteiger partial charge in [0.05, 0.1) is 18.8 Å². The van der Waals surface area contributed by atoms with Crippen LogP contribution in [0, 0.1) is 0 Å². The van der Waals surface area contributed by atoms with E-state index < -0.39 is 0 Å². The maximum Gasteiger partial charge on any atom is 0.205 e. The molecule has 1 rings (SSSR count). The molecule has 0 unspecified atom stereocenters. The van der Waals surface area contributed by atoms with E-state index in [0.29, 0.717) is 25.7 Å². The number of hydrogen-bond donors (Lipinski definition) is 3. The molecule has 0 bridgehead atoms. The van der Waals surface area contributed by atoms with E-state index in [1.54, 1.807) is 14.2 Å². The molecule has 4 N–H and O–H groups in total. The van der Waals surface area contributed by atoms with Crippen LogP contribution in [0.3, 0.4) is 0 Å². The number of hydrogen-bond acceptors (Lipinski definition) is 4. The van der Waals surface area contributed by atoms with Crippen LogP contribution in [0.4, 0.5) is 0 Å². The number of nitrogens with two attached hydrogens (primary N) is 1. The lowest BCUT2D eigenvalue weighted by Gasteiger charge is -2.39. The van der Waals surface area contributed by atoms with Crippen LogP contribution in [0.2, 0.25) is 0 Å². The summed E-state index contributed by atoms with van der Waals surface area (Å²) in [5.41, 5.74) is 2.47. The Morgan fingerprint density at radius 3 is 2.62 bits per heavy atom. The number of nitrogens with zero attached hydrogens (tertiary/aromatic N) is 1. The van der Waals surface area contributed by atoms with Gasteiger partial charge < -0.3 is 14.8 Å². The number of methoxy groups -OCH3 is 2. The normalized spacial score (nSPS) is 19.1. The van der Waals surface area contributed by atoms with Crippen molar-refractivity contribution >= 4 is 5.96 Å². The van der Waals surface area contributed by atoms with E-state index in [2.05, 4.69) is 15.7 Å². The summed E-state index contributed by atoms with van der Waals surface area (Å²) in [5, 5.41) is 3.05. The van der Waals surface area contributed by atoms with E-state index in [-0.39, 0.29) is 5.60 Å². The molecule has 0 amide bonds. The molecule has 1 fully saturated rings. The van der Waals surface area contributed by atoms with Crippen molar-refractivity contribution in [3.63, 3.8) is 0 Å². The van der Waals surface area contributed by atoms with Crippen LogP contribution in [-0.4, -0.2) is 45.5 Å². The van der Waals surface area contributed by atoms with Gasteiger partial charge in [-0.2, -0.15) is 0 Å². The second-order valence-electron chi connectivity index (χ2n) is 3.97. The van der Waals surface area contributed by atoms with Crippen molar-refractivity contribution in [3.8, 4) is 0 Å². The van der Waals surface area contributed by atoms with E-state index in [0.717, 1.165) is 12.8 Å². The zero-order valence-electron chi connectivity index (χ0n) is 10.1. The summed E-state index contributed by atoms with van der Waals surface area (Å²) in [6.07, 6.45) is 3.36. The molecular formula is C10H22N4O2. The highest BCUT2D eigenvalue weighted by Gasteiger charge is 2.36. The molecule has 0 spiro atoms. The van der Waals surface area contributed by atoms with Crippen LogP contribution in [-0.2, 0) is 9.47 Å². The van der Waals surface area contributed by atoms with Crippen molar-refractivity contribution in [2.24, 2.45) is 10.8 Å². The van der Waals surface area contributed by atoms with Crippen LogP contribution in [0.1, 0.15) is 19.3 Å². The molecule has 1 aliphatic rings. The topological polar surface area (TPSA) is 80.9 Å². The monoisotopic (exact) mass is 230 g/mol. The Kier molecular flexibility index (Phi) is 5.51. The molecule has 6 heteroatoms. The van der Waals surface area contributed by atoms with E-state index in [1.807, 2.05) is 0 Å². The molecule has 0 radical (unpaired) electrons. The minimum atomic E-state index is -0.0644. The number of nitrogens with one attached hydrogen (secondary N) is 2. The first kappa shape index (κ1) is 13.2. The molecule has 1 aliphatic carbocycles. The highest BCUT2D eigenvalue weighted by atomic mass is 16.5. The molecule has 0 atom stereocenters. The molecule has 0 aromatic heterocycles. The Morgan fingerprint density at radius 2 is 2.19 bits per heavy atom. The van der Waals surface area contributed by atoms with Crippen molar-refractivity contribution in [3.05, 3.63) is 0 Å². The van der Waals surface area contributed by atoms with Gasteiger partial charge in [-0.25, -0.2) is 10.8 Å². The maximum atomic E-state index is 5.47. The fourth-order valence-corrected chi connectivity index (χ4v) is 1.65. The predicted molar refractivity (Wildman–Crippen MR) is 63.1 cm³/mol. The fraction of sp³-hybridized carbons (Fsp3) is 0.900. The lowest BCUT2D eigenvalue weighted by Crippen LogP contribution is -2.46. The molecule has 0 saturated heterocycles. The van der Waals surface area contributed by atoms with Gasteiger partial charge >= 0.3 is 0 Å². The van der Waals surface area contributed by atoms with Crippen LogP contribution in [0.15, 0.2) is 4.99 Å². The lowest BCUT2D eigenvalue weighted by molar-refractivity contribution is -0.0630. The standard InChI is InChI=1S/C10H22N4O2/c1-15-7-6-12-9(14-11)13-8-10(16-2)4-3-5-10/h3-8,11H2,1-2H3,(H2,12,13,14). The zero-order valence-corrected chi connectivity index (χ0v) is 10.1. The Hall–Kier alpha value is -0.850. The average Bonchev–Trinajstić information content (AvgIpc) is 2.26. The van der Waals surface area contributed by atoms with Gasteiger partial charge in [-0.3, -0.25) is 5.43 Å². The molecule has 1 saturated carbocycles. The number of guanidine groups is 1. The Morgan fingerprint density at radius 1 is 1.44 bits per heavy atom. The van der Waals surface area contributed by atoms with Gasteiger partial charge in [0.1, 0.15) is 0 Å². The van der Waals surface area contributed by atoms with Gasteiger partial charge in [-0.05, 0) is 19.3 Å². The molecule has 94 valence electrons. The molecule has 0 aromatic rings. The molecule has 16 heavy (non-hydrogen) atoms. The third-order valence-corrected chi connectivity index (χ3v) is 2.96. The van der Waals surface area contributed by atoms with Crippen LogP contribution in [0.5, 0.6) is 0 Å². The van der Waals surface area contributed by atoms with Gasteiger partial charge in [0, 0.05) is 20.8 Å². The predicted octanol–water partition coefficient (Wildman–Crippen LogP) is -0.389. The van der Waals surface area contributed by atoms with Crippen LogP contribution in [0.25, 0.3) is 0 Å². The molecule has 0 aliphatic heterocycles. The Labute approximate surface area is 96.6 Å². The smallest absolute Gasteiger partial charge is 0.205 e.